The van der Waals surface area contributed by atoms with Crippen LogP contribution in [0.1, 0.15) is 122 Å². The van der Waals surface area contributed by atoms with Gasteiger partial charge in [-0.15, -0.1) is 0 Å². The van der Waals surface area contributed by atoms with Crippen LogP contribution in [0.25, 0.3) is 5.57 Å². The van der Waals surface area contributed by atoms with Crippen molar-refractivity contribution in [3.63, 3.8) is 0 Å². The summed E-state index contributed by atoms with van der Waals surface area (Å²) in [4.78, 5) is 27.7. The van der Waals surface area contributed by atoms with E-state index in [1.165, 1.54) is 30.4 Å². The highest BCUT2D eigenvalue weighted by atomic mass is 16.4. The molecule has 270 valence electrons. The molecule has 6 heteroatoms. The third-order valence-electron chi connectivity index (χ3n) is 15.5. The Kier molecular flexibility index (Phi) is 9.49. The third-order valence-corrected chi connectivity index (χ3v) is 15.5. The standard InChI is InChI=1S/C43H64N2O4/c1-10-43-22-21-42(35(47)26-44-23-24-45(8)9)25-32(46)36(27(2)3)37(42)31(43)15-16-34-40(6)19-17-30(28-11-13-29(14-12-28)38(48)49)39(4,5)33(40)18-20-41(34,43)7/h11-14,17,27,31,33-35,44,47H,10,15-16,18-26H2,1-9H3,(H,48,49)/t31-,33-,34-,35+,40+,41-,42+,43-/m1/s1. The molecule has 1 aromatic carbocycles. The average molecular weight is 673 g/mol. The molecule has 0 heterocycles. The topological polar surface area (TPSA) is 89.9 Å². The van der Waals surface area contributed by atoms with E-state index in [9.17, 15) is 19.8 Å². The molecule has 0 bridgehead atoms. The lowest BCUT2D eigenvalue weighted by molar-refractivity contribution is -0.208. The molecule has 0 unspecified atom stereocenters. The van der Waals surface area contributed by atoms with Gasteiger partial charge in [0.25, 0.3) is 0 Å². The summed E-state index contributed by atoms with van der Waals surface area (Å²) in [5, 5.41) is 25.1. The number of nitrogens with zero attached hydrogens (tertiary/aromatic N) is 1. The van der Waals surface area contributed by atoms with E-state index < -0.39 is 17.5 Å². The molecule has 3 saturated carbocycles. The van der Waals surface area contributed by atoms with Gasteiger partial charge in [0, 0.05) is 31.5 Å². The summed E-state index contributed by atoms with van der Waals surface area (Å²) >= 11 is 0. The van der Waals surface area contributed by atoms with E-state index in [-0.39, 0.29) is 33.4 Å². The number of hydrogen-bond donors (Lipinski definition) is 3. The van der Waals surface area contributed by atoms with Crippen LogP contribution in [-0.2, 0) is 4.79 Å². The summed E-state index contributed by atoms with van der Waals surface area (Å²) in [6.45, 7) is 19.2. The highest BCUT2D eigenvalue weighted by molar-refractivity contribution is 6.00. The number of nitrogens with one attached hydrogen (secondary N) is 1. The van der Waals surface area contributed by atoms with E-state index in [0.29, 0.717) is 36.3 Å². The van der Waals surface area contributed by atoms with Gasteiger partial charge >= 0.3 is 5.97 Å². The number of carbonyl (C=O) groups excluding carboxylic acids is 1. The van der Waals surface area contributed by atoms with Gasteiger partial charge in [-0.3, -0.25) is 4.79 Å². The second-order valence-corrected chi connectivity index (χ2v) is 18.4. The number of aliphatic hydroxyl groups excluding tert-OH is 1. The first-order valence-electron chi connectivity index (χ1n) is 19.4. The third kappa shape index (κ3) is 5.36. The summed E-state index contributed by atoms with van der Waals surface area (Å²) in [5.74, 6) is 1.01. The van der Waals surface area contributed by atoms with Crippen molar-refractivity contribution < 1.29 is 19.8 Å². The van der Waals surface area contributed by atoms with Gasteiger partial charge in [-0.1, -0.05) is 72.2 Å². The molecule has 0 aromatic heterocycles. The largest absolute Gasteiger partial charge is 0.478 e. The molecule has 1 aromatic rings. The molecule has 3 N–H and O–H groups in total. The van der Waals surface area contributed by atoms with Crippen LogP contribution in [0.3, 0.4) is 0 Å². The number of ketones is 1. The molecule has 0 radical (unpaired) electrons. The molecule has 3 fully saturated rings. The zero-order valence-electron chi connectivity index (χ0n) is 31.9. The SMILES string of the molecule is CC[C@@]12CC[C@@]3([C@@H](O)CNCCN(C)C)CC(=O)C(C(C)C)=C3[C@H]1CC[C@@H]1[C@@]3(C)CC=C(c4ccc(C(=O)O)cc4)C(C)(C)[C@H]3CC[C@]12C. The number of carboxylic acid groups (broad SMARTS) is 1. The smallest absolute Gasteiger partial charge is 0.335 e. The lowest BCUT2D eigenvalue weighted by Gasteiger charge is -2.72. The predicted molar refractivity (Wildman–Crippen MR) is 198 cm³/mol. The number of hydrogen-bond acceptors (Lipinski definition) is 5. The van der Waals surface area contributed by atoms with Gasteiger partial charge in [0.05, 0.1) is 11.7 Å². The second-order valence-electron chi connectivity index (χ2n) is 18.4. The predicted octanol–water partition coefficient (Wildman–Crippen LogP) is 8.26. The van der Waals surface area contributed by atoms with Crippen LogP contribution in [-0.4, -0.2) is 66.7 Å². The fourth-order valence-corrected chi connectivity index (χ4v) is 13.3. The Morgan fingerprint density at radius 2 is 1.69 bits per heavy atom. The molecule has 6 rings (SSSR count). The van der Waals surface area contributed by atoms with Crippen LogP contribution in [0.5, 0.6) is 0 Å². The number of carbonyl (C=O) groups is 2. The number of likely N-dealkylation sites (N-methyl/N-ethyl adjacent to an activating group) is 1. The average Bonchev–Trinajstić information content (AvgIpc) is 3.35. The minimum Gasteiger partial charge on any atom is -0.478 e. The number of carboxylic acids is 1. The van der Waals surface area contributed by atoms with Crippen LogP contribution < -0.4 is 5.32 Å². The maximum absolute atomic E-state index is 14.0. The molecule has 5 aliphatic rings. The van der Waals surface area contributed by atoms with Crippen LogP contribution in [0.2, 0.25) is 0 Å². The Morgan fingerprint density at radius 1 is 1.00 bits per heavy atom. The highest BCUT2D eigenvalue weighted by Gasteiger charge is 2.70. The van der Waals surface area contributed by atoms with E-state index in [0.717, 1.165) is 56.3 Å². The molecule has 5 aliphatic carbocycles. The van der Waals surface area contributed by atoms with Crippen molar-refractivity contribution in [1.29, 1.82) is 0 Å². The van der Waals surface area contributed by atoms with Crippen molar-refractivity contribution in [1.82, 2.24) is 10.2 Å². The summed E-state index contributed by atoms with van der Waals surface area (Å²) < 4.78 is 0. The van der Waals surface area contributed by atoms with Crippen LogP contribution in [0.4, 0.5) is 0 Å². The number of benzene rings is 1. The number of allylic oxidation sites excluding steroid dienone is 3. The first kappa shape index (κ1) is 36.5. The Balaban J connectivity index is 1.37. The van der Waals surface area contributed by atoms with Crippen molar-refractivity contribution in [2.75, 3.05) is 33.7 Å². The Morgan fingerprint density at radius 3 is 2.31 bits per heavy atom. The molecule has 0 saturated heterocycles. The van der Waals surface area contributed by atoms with Crippen molar-refractivity contribution in [3.8, 4) is 0 Å². The van der Waals surface area contributed by atoms with Crippen molar-refractivity contribution in [2.45, 2.75) is 112 Å². The fourth-order valence-electron chi connectivity index (χ4n) is 13.3. The van der Waals surface area contributed by atoms with Crippen LogP contribution in [0, 0.1) is 50.7 Å². The zero-order valence-corrected chi connectivity index (χ0v) is 31.9. The maximum atomic E-state index is 14.0. The second kappa shape index (κ2) is 12.7. The molecule has 8 atom stereocenters. The monoisotopic (exact) mass is 672 g/mol. The summed E-state index contributed by atoms with van der Waals surface area (Å²) in [7, 11) is 4.15. The number of rotatable bonds is 10. The van der Waals surface area contributed by atoms with Gasteiger partial charge in [-0.25, -0.2) is 4.79 Å². The Bertz CT molecular complexity index is 1520. The zero-order chi connectivity index (χ0) is 35.7. The molecule has 0 amide bonds. The van der Waals surface area contributed by atoms with E-state index >= 15 is 0 Å². The van der Waals surface area contributed by atoms with Gasteiger partial charge in [-0.05, 0) is 140 Å². The summed E-state index contributed by atoms with van der Waals surface area (Å²) in [5.41, 5.74) is 5.18. The quantitative estimate of drug-likeness (QED) is 0.217. The van der Waals surface area contributed by atoms with Crippen LogP contribution >= 0.6 is 0 Å². The van der Waals surface area contributed by atoms with Crippen molar-refractivity contribution in [3.05, 3.63) is 52.6 Å². The number of Topliss-reactive ketones (excluding diaryl/α,β-unsaturated/α-hetero) is 1. The van der Waals surface area contributed by atoms with Gasteiger partial charge in [0.2, 0.25) is 0 Å². The number of fused-ring (bicyclic) bond motifs is 7. The van der Waals surface area contributed by atoms with Gasteiger partial charge in [0.1, 0.15) is 0 Å². The minimum absolute atomic E-state index is 0.0358. The van der Waals surface area contributed by atoms with Crippen molar-refractivity contribution in [2.24, 2.45) is 50.7 Å². The van der Waals surface area contributed by atoms with Crippen LogP contribution in [0.15, 0.2) is 41.5 Å². The fraction of sp³-hybridized carbons (Fsp3) is 0.721. The maximum Gasteiger partial charge on any atom is 0.335 e. The first-order chi connectivity index (χ1) is 23.0. The number of aromatic carboxylic acids is 1. The van der Waals surface area contributed by atoms with Gasteiger partial charge in [-0.2, -0.15) is 0 Å². The first-order valence-corrected chi connectivity index (χ1v) is 19.4. The normalized spacial score (nSPS) is 37.3. The summed E-state index contributed by atoms with van der Waals surface area (Å²) in [6.07, 6.45) is 11.2. The molecular formula is C43H64N2O4. The lowest BCUT2D eigenvalue weighted by atomic mass is 9.32. The van der Waals surface area contributed by atoms with E-state index in [1.54, 1.807) is 12.1 Å². The Hall–Kier alpha value is -2.28. The molecule has 0 spiro atoms. The van der Waals surface area contributed by atoms with Gasteiger partial charge < -0.3 is 20.4 Å². The lowest BCUT2D eigenvalue weighted by Crippen LogP contribution is -2.65. The molecule has 6 nitrogen and oxygen atoms in total. The Labute approximate surface area is 296 Å². The van der Waals surface area contributed by atoms with Crippen molar-refractivity contribution >= 4 is 17.3 Å². The summed E-state index contributed by atoms with van der Waals surface area (Å²) in [6, 6.07) is 7.52. The number of aliphatic hydroxyl groups is 1. The van der Waals surface area contributed by atoms with E-state index in [2.05, 4.69) is 78.9 Å². The molecule has 0 aliphatic heterocycles. The minimum atomic E-state index is -0.882. The highest BCUT2D eigenvalue weighted by Crippen LogP contribution is 2.78. The molecule has 49 heavy (non-hydrogen) atoms. The van der Waals surface area contributed by atoms with Gasteiger partial charge in [0.15, 0.2) is 5.78 Å². The van der Waals surface area contributed by atoms with E-state index in [4.69, 9.17) is 0 Å². The molecular weight excluding hydrogens is 608 g/mol. The van der Waals surface area contributed by atoms with E-state index in [1.807, 2.05) is 12.1 Å².